The lowest BCUT2D eigenvalue weighted by Crippen LogP contribution is -2.30. The molecule has 6 heteroatoms. The molecule has 0 aromatic carbocycles. The lowest BCUT2D eigenvalue weighted by Gasteiger charge is -2.18. The van der Waals surface area contributed by atoms with Crippen molar-refractivity contribution < 1.29 is 28.6 Å². The van der Waals surface area contributed by atoms with Crippen molar-refractivity contribution in [2.75, 3.05) is 13.2 Å². The number of rotatable bonds is 67. The van der Waals surface area contributed by atoms with E-state index in [0.717, 1.165) is 83.5 Å². The Kier molecular flexibility index (Phi) is 68.6. The fourth-order valence-electron chi connectivity index (χ4n) is 10.7. The van der Waals surface area contributed by atoms with Crippen molar-refractivity contribution in [3.63, 3.8) is 0 Å². The first-order chi connectivity index (χ1) is 41.0. The third-order valence-corrected chi connectivity index (χ3v) is 16.2. The predicted molar refractivity (Wildman–Crippen MR) is 362 cm³/mol. The van der Waals surface area contributed by atoms with Crippen molar-refractivity contribution in [3.05, 3.63) is 72.9 Å². The average molecular weight is 1160 g/mol. The number of hydrogen-bond acceptors (Lipinski definition) is 6. The van der Waals surface area contributed by atoms with Gasteiger partial charge in [-0.2, -0.15) is 0 Å². The monoisotopic (exact) mass is 1160 g/mol. The van der Waals surface area contributed by atoms with E-state index in [1.807, 2.05) is 0 Å². The van der Waals surface area contributed by atoms with Crippen LogP contribution in [0.25, 0.3) is 0 Å². The maximum atomic E-state index is 13.0. The van der Waals surface area contributed by atoms with Gasteiger partial charge in [0.15, 0.2) is 6.10 Å². The van der Waals surface area contributed by atoms with Gasteiger partial charge in [-0.05, 0) is 116 Å². The van der Waals surface area contributed by atoms with Crippen LogP contribution in [0, 0.1) is 0 Å². The highest BCUT2D eigenvalue weighted by atomic mass is 16.6. The van der Waals surface area contributed by atoms with Gasteiger partial charge in [-0.1, -0.05) is 318 Å². The second-order valence-corrected chi connectivity index (χ2v) is 24.5. The van der Waals surface area contributed by atoms with E-state index in [0.29, 0.717) is 19.3 Å². The summed E-state index contributed by atoms with van der Waals surface area (Å²) in [5.41, 5.74) is 0. The van der Waals surface area contributed by atoms with Crippen LogP contribution in [0.4, 0.5) is 0 Å². The van der Waals surface area contributed by atoms with Crippen LogP contribution in [0.5, 0.6) is 0 Å². The molecule has 1 unspecified atom stereocenters. The zero-order valence-corrected chi connectivity index (χ0v) is 55.5. The van der Waals surface area contributed by atoms with Gasteiger partial charge in [-0.15, -0.1) is 0 Å². The Bertz CT molecular complexity index is 1520. The Balaban J connectivity index is 4.38. The molecule has 0 rings (SSSR count). The molecule has 0 aromatic rings. The summed E-state index contributed by atoms with van der Waals surface area (Å²) in [5.74, 6) is -0.870. The zero-order chi connectivity index (χ0) is 59.9. The second-order valence-electron chi connectivity index (χ2n) is 24.5. The number of carbonyl (C=O) groups is 3. The maximum Gasteiger partial charge on any atom is 0.306 e. The maximum absolute atomic E-state index is 13.0. The van der Waals surface area contributed by atoms with Crippen LogP contribution in [0.2, 0.25) is 0 Å². The summed E-state index contributed by atoms with van der Waals surface area (Å²) in [7, 11) is 0. The number of hydrogen-bond donors (Lipinski definition) is 0. The molecule has 0 aliphatic heterocycles. The average Bonchev–Trinajstić information content (AvgIpc) is 3.49. The number of allylic oxidation sites excluding steroid dienone is 12. The summed E-state index contributed by atoms with van der Waals surface area (Å²) in [6, 6.07) is 0. The van der Waals surface area contributed by atoms with Crippen molar-refractivity contribution in [1.82, 2.24) is 0 Å². The van der Waals surface area contributed by atoms with Crippen LogP contribution >= 0.6 is 0 Å². The lowest BCUT2D eigenvalue weighted by molar-refractivity contribution is -0.167. The molecule has 0 saturated carbocycles. The molecule has 0 saturated heterocycles. The van der Waals surface area contributed by atoms with Crippen molar-refractivity contribution in [1.29, 1.82) is 0 Å². The first kappa shape index (κ1) is 79.8. The van der Waals surface area contributed by atoms with Crippen molar-refractivity contribution >= 4 is 17.9 Å². The van der Waals surface area contributed by atoms with Crippen LogP contribution in [-0.4, -0.2) is 37.2 Å². The molecule has 6 nitrogen and oxygen atoms in total. The van der Waals surface area contributed by atoms with E-state index in [2.05, 4.69) is 93.7 Å². The van der Waals surface area contributed by atoms with Crippen LogP contribution in [-0.2, 0) is 28.6 Å². The summed E-state index contributed by atoms with van der Waals surface area (Å²) in [4.78, 5) is 38.5. The van der Waals surface area contributed by atoms with Gasteiger partial charge in [-0.25, -0.2) is 0 Å². The minimum atomic E-state index is -0.785. The summed E-state index contributed by atoms with van der Waals surface area (Å²) >= 11 is 0. The van der Waals surface area contributed by atoms with E-state index < -0.39 is 6.10 Å². The summed E-state index contributed by atoms with van der Waals surface area (Å²) in [6.07, 6.45) is 93.5. The molecule has 0 aromatic heterocycles. The van der Waals surface area contributed by atoms with Gasteiger partial charge in [0, 0.05) is 19.3 Å². The van der Waals surface area contributed by atoms with Gasteiger partial charge >= 0.3 is 17.9 Å². The van der Waals surface area contributed by atoms with Gasteiger partial charge in [0.2, 0.25) is 0 Å². The highest BCUT2D eigenvalue weighted by Crippen LogP contribution is 2.17. The smallest absolute Gasteiger partial charge is 0.306 e. The van der Waals surface area contributed by atoms with E-state index in [1.165, 1.54) is 257 Å². The predicted octanol–water partition coefficient (Wildman–Crippen LogP) is 25.2. The quantitative estimate of drug-likeness (QED) is 0.0261. The van der Waals surface area contributed by atoms with Gasteiger partial charge in [0.25, 0.3) is 0 Å². The molecular formula is C77H138O6. The number of ether oxygens (including phenoxy) is 3. The largest absolute Gasteiger partial charge is 0.462 e. The second kappa shape index (κ2) is 71.3. The molecule has 0 N–H and O–H groups in total. The minimum absolute atomic E-state index is 0.0785. The summed E-state index contributed by atoms with van der Waals surface area (Å²) in [5, 5.41) is 0. The molecule has 1 atom stereocenters. The van der Waals surface area contributed by atoms with E-state index >= 15 is 0 Å². The topological polar surface area (TPSA) is 78.9 Å². The number of carbonyl (C=O) groups excluding carboxylic acids is 3. The Morgan fingerprint density at radius 3 is 0.687 bits per heavy atom. The standard InChI is InChI=1S/C77H138O6/c1-4-7-10-13-16-19-22-25-28-31-34-37-38-41-43-46-49-52-55-58-61-64-67-70-76(79)82-73-74(83-77(80)71-68-65-62-59-56-53-50-47-44-40-36-33-30-27-24-21-18-15-12-9-6-3)72-81-75(78)69-66-63-60-57-54-51-48-45-42-39-35-32-29-26-23-20-17-14-11-8-5-2/h22,24-25,27,31-36,38,41,74H,4-21,23,26,28-30,37,39-40,42-73H2,1-3H3/b25-22-,27-24-,34-31-,35-32-,36-33-,41-38-. The normalized spacial score (nSPS) is 12.5. The van der Waals surface area contributed by atoms with Crippen LogP contribution in [0.1, 0.15) is 380 Å². The molecule has 0 aliphatic rings. The fraction of sp³-hybridized carbons (Fsp3) is 0.805. The first-order valence-corrected chi connectivity index (χ1v) is 36.4. The van der Waals surface area contributed by atoms with E-state index in [1.54, 1.807) is 0 Å². The van der Waals surface area contributed by atoms with Crippen molar-refractivity contribution in [3.8, 4) is 0 Å². The van der Waals surface area contributed by atoms with Gasteiger partial charge < -0.3 is 14.2 Å². The number of unbranched alkanes of at least 4 members (excludes halogenated alkanes) is 44. The van der Waals surface area contributed by atoms with Crippen LogP contribution in [0.15, 0.2) is 72.9 Å². The Morgan fingerprint density at radius 2 is 0.434 bits per heavy atom. The molecule has 0 fully saturated rings. The van der Waals surface area contributed by atoms with Gasteiger partial charge in [0.1, 0.15) is 13.2 Å². The highest BCUT2D eigenvalue weighted by molar-refractivity contribution is 5.71. The lowest BCUT2D eigenvalue weighted by atomic mass is 10.1. The van der Waals surface area contributed by atoms with E-state index in [-0.39, 0.29) is 31.1 Å². The third-order valence-electron chi connectivity index (χ3n) is 16.2. The van der Waals surface area contributed by atoms with Crippen molar-refractivity contribution in [2.24, 2.45) is 0 Å². The Hall–Kier alpha value is -3.15. The minimum Gasteiger partial charge on any atom is -0.462 e. The summed E-state index contributed by atoms with van der Waals surface area (Å²) < 4.78 is 17.0. The third kappa shape index (κ3) is 69.5. The molecular weight excluding hydrogens is 1020 g/mol. The molecule has 0 amide bonds. The van der Waals surface area contributed by atoms with E-state index in [4.69, 9.17) is 14.2 Å². The molecule has 0 aliphatic carbocycles. The molecule has 0 heterocycles. The Morgan fingerprint density at radius 1 is 0.241 bits per heavy atom. The molecule has 482 valence electrons. The number of esters is 3. The Labute approximate surface area is 516 Å². The van der Waals surface area contributed by atoms with Crippen LogP contribution in [0.3, 0.4) is 0 Å². The van der Waals surface area contributed by atoms with Gasteiger partial charge in [0.05, 0.1) is 0 Å². The molecule has 0 radical (unpaired) electrons. The van der Waals surface area contributed by atoms with E-state index in [9.17, 15) is 14.4 Å². The summed E-state index contributed by atoms with van der Waals surface area (Å²) in [6.45, 7) is 6.67. The SMILES string of the molecule is CCCCCCC/C=C\C/C=C\C/C=C\CCCCCCCCCCC(=O)OCC(COC(=O)CCCCCCCCCCC/C=C\CCCCCCCCCC)OC(=O)CCCCCCCCCCC/C=C\C/C=C\CCCCCCC. The zero-order valence-electron chi connectivity index (χ0n) is 55.5. The fourth-order valence-corrected chi connectivity index (χ4v) is 10.7. The molecule has 0 bridgehead atoms. The first-order valence-electron chi connectivity index (χ1n) is 36.4. The van der Waals surface area contributed by atoms with Crippen LogP contribution < -0.4 is 0 Å². The molecule has 83 heavy (non-hydrogen) atoms. The highest BCUT2D eigenvalue weighted by Gasteiger charge is 2.19. The van der Waals surface area contributed by atoms with Gasteiger partial charge in [-0.3, -0.25) is 14.4 Å². The molecule has 0 spiro atoms. The van der Waals surface area contributed by atoms with Crippen molar-refractivity contribution in [2.45, 2.75) is 386 Å².